The minimum absolute atomic E-state index is 0.0328. The Morgan fingerprint density at radius 2 is 2.00 bits per heavy atom. The van der Waals surface area contributed by atoms with Crippen molar-refractivity contribution < 1.29 is 14.3 Å². The molecule has 1 atom stereocenters. The number of pyridine rings is 1. The summed E-state index contributed by atoms with van der Waals surface area (Å²) < 4.78 is 5.53. The lowest BCUT2D eigenvalue weighted by atomic mass is 10.1. The van der Waals surface area contributed by atoms with Crippen LogP contribution in [0.15, 0.2) is 42.7 Å². The van der Waals surface area contributed by atoms with Crippen LogP contribution in [0.5, 0.6) is 5.75 Å². The maximum Gasteiger partial charge on any atom is 0.265 e. The summed E-state index contributed by atoms with van der Waals surface area (Å²) >= 11 is 0. The predicted octanol–water partition coefficient (Wildman–Crippen LogP) is 2.04. The molecule has 2 amide bonds. The topological polar surface area (TPSA) is 71.5 Å². The Morgan fingerprint density at radius 1 is 1.24 bits per heavy atom. The van der Waals surface area contributed by atoms with E-state index < -0.39 is 6.10 Å². The van der Waals surface area contributed by atoms with Crippen molar-refractivity contribution in [3.63, 3.8) is 0 Å². The molecule has 0 radical (unpaired) electrons. The molecular formula is C19H21N3O3. The molecule has 0 fully saturated rings. The highest BCUT2D eigenvalue weighted by Gasteiger charge is 2.23. The number of carbonyl (C=O) groups excluding carboxylic acids is 2. The summed E-state index contributed by atoms with van der Waals surface area (Å²) in [7, 11) is 1.80. The zero-order chi connectivity index (χ0) is 17.8. The molecule has 3 rings (SSSR count). The third-order valence-corrected chi connectivity index (χ3v) is 4.24. The Balaban J connectivity index is 1.59. The van der Waals surface area contributed by atoms with Crippen molar-refractivity contribution in [2.75, 3.05) is 18.9 Å². The van der Waals surface area contributed by atoms with Gasteiger partial charge in [-0.3, -0.25) is 14.6 Å². The summed E-state index contributed by atoms with van der Waals surface area (Å²) in [5.74, 6) is 0.491. The Bertz CT molecular complexity index is 777. The first-order valence-electron chi connectivity index (χ1n) is 8.26. The SMILES string of the molecule is CC1Oc2ccc(CC(=O)N(C)CCc3ccncc3)cc2NC1=O. The molecule has 130 valence electrons. The number of aromatic nitrogens is 1. The number of hydrogen-bond donors (Lipinski definition) is 1. The number of fused-ring (bicyclic) bond motifs is 1. The fourth-order valence-corrected chi connectivity index (χ4v) is 2.65. The van der Waals surface area contributed by atoms with E-state index in [1.165, 1.54) is 0 Å². The molecule has 0 saturated carbocycles. The van der Waals surface area contributed by atoms with E-state index in [1.54, 1.807) is 43.4 Å². The van der Waals surface area contributed by atoms with Crippen LogP contribution in [0.4, 0.5) is 5.69 Å². The molecule has 0 saturated heterocycles. The number of carbonyl (C=O) groups is 2. The average molecular weight is 339 g/mol. The van der Waals surface area contributed by atoms with Gasteiger partial charge in [0.2, 0.25) is 5.91 Å². The Labute approximate surface area is 146 Å². The molecule has 0 aliphatic carbocycles. The third kappa shape index (κ3) is 4.15. The molecule has 6 heteroatoms. The quantitative estimate of drug-likeness (QED) is 0.905. The van der Waals surface area contributed by atoms with Crippen molar-refractivity contribution in [2.24, 2.45) is 0 Å². The number of likely N-dealkylation sites (N-methyl/N-ethyl adjacent to an activating group) is 1. The molecule has 1 N–H and O–H groups in total. The van der Waals surface area contributed by atoms with Crippen LogP contribution < -0.4 is 10.1 Å². The standard InChI is InChI=1S/C19H21N3O3/c1-13-19(24)21-16-11-15(3-4-17(16)25-13)12-18(23)22(2)10-7-14-5-8-20-9-6-14/h3-6,8-9,11,13H,7,10,12H2,1-2H3,(H,21,24). The first-order chi connectivity index (χ1) is 12.0. The Kier molecular flexibility index (Phi) is 4.97. The van der Waals surface area contributed by atoms with Gasteiger partial charge < -0.3 is 15.0 Å². The lowest BCUT2D eigenvalue weighted by Gasteiger charge is -2.24. The van der Waals surface area contributed by atoms with Crippen LogP contribution in [0.3, 0.4) is 0 Å². The molecule has 2 heterocycles. The van der Waals surface area contributed by atoms with E-state index >= 15 is 0 Å². The third-order valence-electron chi connectivity index (χ3n) is 4.24. The Morgan fingerprint density at radius 3 is 2.76 bits per heavy atom. The van der Waals surface area contributed by atoms with Gasteiger partial charge in [-0.2, -0.15) is 0 Å². The molecule has 25 heavy (non-hydrogen) atoms. The van der Waals surface area contributed by atoms with Crippen LogP contribution in [0, 0.1) is 0 Å². The van der Waals surface area contributed by atoms with E-state index in [9.17, 15) is 9.59 Å². The summed E-state index contributed by atoms with van der Waals surface area (Å²) in [6, 6.07) is 9.35. The van der Waals surface area contributed by atoms with Gasteiger partial charge in [-0.05, 0) is 48.7 Å². The summed E-state index contributed by atoms with van der Waals surface area (Å²) in [5.41, 5.74) is 2.61. The van der Waals surface area contributed by atoms with E-state index in [2.05, 4.69) is 10.3 Å². The fraction of sp³-hybridized carbons (Fsp3) is 0.316. The molecular weight excluding hydrogens is 318 g/mol. The number of nitrogens with zero attached hydrogens (tertiary/aromatic N) is 2. The van der Waals surface area contributed by atoms with Crippen LogP contribution in [0.1, 0.15) is 18.1 Å². The summed E-state index contributed by atoms with van der Waals surface area (Å²) in [4.78, 5) is 29.8. The summed E-state index contributed by atoms with van der Waals surface area (Å²) in [6.07, 6.45) is 4.07. The number of ether oxygens (including phenoxy) is 1. The highest BCUT2D eigenvalue weighted by atomic mass is 16.5. The van der Waals surface area contributed by atoms with Gasteiger partial charge in [-0.25, -0.2) is 0 Å². The number of nitrogens with one attached hydrogen (secondary N) is 1. The van der Waals surface area contributed by atoms with E-state index in [0.29, 0.717) is 18.0 Å². The number of amides is 2. The number of hydrogen-bond acceptors (Lipinski definition) is 4. The van der Waals surface area contributed by atoms with Crippen molar-refractivity contribution in [3.8, 4) is 5.75 Å². The molecule has 1 aliphatic rings. The van der Waals surface area contributed by atoms with Gasteiger partial charge in [0.25, 0.3) is 5.91 Å². The average Bonchev–Trinajstić information content (AvgIpc) is 2.61. The van der Waals surface area contributed by atoms with Crippen LogP contribution in [0.2, 0.25) is 0 Å². The molecule has 0 bridgehead atoms. The smallest absolute Gasteiger partial charge is 0.265 e. The first kappa shape index (κ1) is 17.0. The zero-order valence-electron chi connectivity index (χ0n) is 14.4. The van der Waals surface area contributed by atoms with E-state index in [-0.39, 0.29) is 18.2 Å². The number of rotatable bonds is 5. The van der Waals surface area contributed by atoms with Gasteiger partial charge in [-0.1, -0.05) is 6.07 Å². The molecule has 1 unspecified atom stereocenters. The monoisotopic (exact) mass is 339 g/mol. The summed E-state index contributed by atoms with van der Waals surface area (Å²) in [6.45, 7) is 2.35. The zero-order valence-corrected chi connectivity index (χ0v) is 14.4. The molecule has 1 aromatic carbocycles. The van der Waals surface area contributed by atoms with Gasteiger partial charge >= 0.3 is 0 Å². The molecule has 6 nitrogen and oxygen atoms in total. The second kappa shape index (κ2) is 7.34. The molecule has 1 aromatic heterocycles. The fourth-order valence-electron chi connectivity index (χ4n) is 2.65. The predicted molar refractivity (Wildman–Crippen MR) is 94.4 cm³/mol. The van der Waals surface area contributed by atoms with Crippen LogP contribution in [-0.4, -0.2) is 41.4 Å². The maximum atomic E-state index is 12.4. The number of benzene rings is 1. The highest BCUT2D eigenvalue weighted by molar-refractivity contribution is 5.97. The molecule has 0 spiro atoms. The largest absolute Gasteiger partial charge is 0.479 e. The second-order valence-electron chi connectivity index (χ2n) is 6.18. The summed E-state index contributed by atoms with van der Waals surface area (Å²) in [5, 5.41) is 2.80. The maximum absolute atomic E-state index is 12.4. The van der Waals surface area contributed by atoms with Gasteiger partial charge in [0.1, 0.15) is 5.75 Å². The van der Waals surface area contributed by atoms with E-state index in [4.69, 9.17) is 4.74 Å². The molecule has 1 aliphatic heterocycles. The minimum atomic E-state index is -0.501. The van der Waals surface area contributed by atoms with Crippen LogP contribution >= 0.6 is 0 Å². The lowest BCUT2D eigenvalue weighted by molar-refractivity contribution is -0.129. The van der Waals surface area contributed by atoms with E-state index in [0.717, 1.165) is 17.5 Å². The van der Waals surface area contributed by atoms with Crippen molar-refractivity contribution in [3.05, 3.63) is 53.9 Å². The van der Waals surface area contributed by atoms with Gasteiger partial charge in [0, 0.05) is 26.0 Å². The Hall–Kier alpha value is -2.89. The lowest BCUT2D eigenvalue weighted by Crippen LogP contribution is -2.34. The normalized spacial score (nSPS) is 15.8. The highest BCUT2D eigenvalue weighted by Crippen LogP contribution is 2.30. The first-order valence-corrected chi connectivity index (χ1v) is 8.26. The van der Waals surface area contributed by atoms with Gasteiger partial charge in [0.05, 0.1) is 12.1 Å². The van der Waals surface area contributed by atoms with Gasteiger partial charge in [0.15, 0.2) is 6.10 Å². The second-order valence-corrected chi connectivity index (χ2v) is 6.18. The molecule has 2 aromatic rings. The number of anilines is 1. The van der Waals surface area contributed by atoms with Crippen LogP contribution in [0.25, 0.3) is 0 Å². The van der Waals surface area contributed by atoms with Crippen LogP contribution in [-0.2, 0) is 22.4 Å². The van der Waals surface area contributed by atoms with Crippen molar-refractivity contribution >= 4 is 17.5 Å². The van der Waals surface area contributed by atoms with Crippen molar-refractivity contribution in [1.82, 2.24) is 9.88 Å². The van der Waals surface area contributed by atoms with Crippen molar-refractivity contribution in [1.29, 1.82) is 0 Å². The van der Waals surface area contributed by atoms with Crippen molar-refractivity contribution in [2.45, 2.75) is 25.9 Å². The van der Waals surface area contributed by atoms with E-state index in [1.807, 2.05) is 18.2 Å². The van der Waals surface area contributed by atoms with Gasteiger partial charge in [-0.15, -0.1) is 0 Å². The minimum Gasteiger partial charge on any atom is -0.479 e.